The first-order valence-corrected chi connectivity index (χ1v) is 12.7. The van der Waals surface area contributed by atoms with Gasteiger partial charge in [-0.1, -0.05) is 31.2 Å². The molecule has 1 heterocycles. The minimum atomic E-state index is -3.43. The van der Waals surface area contributed by atoms with Crippen LogP contribution < -0.4 is 10.1 Å². The van der Waals surface area contributed by atoms with Gasteiger partial charge in [0, 0.05) is 30.5 Å². The Balaban J connectivity index is 1.77. The van der Waals surface area contributed by atoms with Gasteiger partial charge in [-0.2, -0.15) is 0 Å². The summed E-state index contributed by atoms with van der Waals surface area (Å²) in [5.74, 6) is 0.152. The van der Waals surface area contributed by atoms with Gasteiger partial charge in [0.25, 0.3) is 11.8 Å². The zero-order chi connectivity index (χ0) is 23.3. The number of para-hydroxylation sites is 1. The van der Waals surface area contributed by atoms with Crippen LogP contribution in [-0.4, -0.2) is 51.1 Å². The van der Waals surface area contributed by atoms with Gasteiger partial charge in [-0.25, -0.2) is 8.42 Å². The Morgan fingerprint density at radius 3 is 2.47 bits per heavy atom. The minimum absolute atomic E-state index is 0.0393. The molecule has 2 amide bonds. The molecule has 1 aliphatic rings. The number of hydrogen-bond donors (Lipinski definition) is 1. The average Bonchev–Trinajstić information content (AvgIpc) is 3.30. The molecule has 1 atom stereocenters. The van der Waals surface area contributed by atoms with E-state index >= 15 is 0 Å². The van der Waals surface area contributed by atoms with Crippen molar-refractivity contribution in [2.75, 3.05) is 26.0 Å². The first-order valence-electron chi connectivity index (χ1n) is 10.8. The third kappa shape index (κ3) is 5.68. The molecule has 1 saturated heterocycles. The molecule has 2 aromatic carbocycles. The molecule has 0 aromatic heterocycles. The normalized spacial score (nSPS) is 14.8. The number of likely N-dealkylation sites (tertiary alicyclic amines) is 1. The monoisotopic (exact) mass is 458 g/mol. The van der Waals surface area contributed by atoms with Crippen LogP contribution in [0.15, 0.2) is 47.4 Å². The van der Waals surface area contributed by atoms with Crippen LogP contribution in [0, 0.1) is 6.92 Å². The van der Waals surface area contributed by atoms with E-state index in [0.29, 0.717) is 23.3 Å². The number of sulfone groups is 1. The molecule has 7 nitrogen and oxygen atoms in total. The van der Waals surface area contributed by atoms with E-state index in [1.54, 1.807) is 24.0 Å². The van der Waals surface area contributed by atoms with Crippen LogP contribution in [0.25, 0.3) is 0 Å². The van der Waals surface area contributed by atoms with Gasteiger partial charge in [-0.05, 0) is 49.9 Å². The second-order valence-electron chi connectivity index (χ2n) is 8.10. The molecule has 0 saturated carbocycles. The van der Waals surface area contributed by atoms with E-state index in [4.69, 9.17) is 4.74 Å². The van der Waals surface area contributed by atoms with Crippen LogP contribution in [0.5, 0.6) is 5.75 Å². The smallest absolute Gasteiger partial charge is 0.260 e. The van der Waals surface area contributed by atoms with Gasteiger partial charge in [0.05, 0.1) is 10.9 Å². The van der Waals surface area contributed by atoms with Crippen molar-refractivity contribution in [2.45, 2.75) is 44.0 Å². The average molecular weight is 459 g/mol. The molecule has 172 valence electrons. The predicted octanol–water partition coefficient (Wildman–Crippen LogP) is 3.28. The number of benzene rings is 2. The second kappa shape index (κ2) is 10.2. The molecule has 8 heteroatoms. The van der Waals surface area contributed by atoms with Gasteiger partial charge >= 0.3 is 0 Å². The predicted molar refractivity (Wildman–Crippen MR) is 123 cm³/mol. The van der Waals surface area contributed by atoms with E-state index in [1.807, 2.05) is 25.1 Å². The number of carbonyl (C=O) groups excluding carboxylic acids is 2. The number of nitrogens with one attached hydrogen (secondary N) is 1. The standard InChI is InChI=1S/C24H30N2O5S/c1-4-21(25-24(28)20-15-18(32(3,29)30)12-11-17(20)2)19-9-5-6-10-22(19)31-16-23(27)26-13-7-8-14-26/h5-6,9-12,15,21H,4,7-8,13-14,16H2,1-3H3,(H,25,28). The number of carbonyl (C=O) groups is 2. The summed E-state index contributed by atoms with van der Waals surface area (Å²) in [4.78, 5) is 27.3. The highest BCUT2D eigenvalue weighted by Crippen LogP contribution is 2.28. The molecule has 2 aromatic rings. The zero-order valence-corrected chi connectivity index (χ0v) is 19.6. The molecule has 0 spiro atoms. The van der Waals surface area contributed by atoms with Crippen molar-refractivity contribution < 1.29 is 22.7 Å². The van der Waals surface area contributed by atoms with Crippen molar-refractivity contribution in [1.82, 2.24) is 10.2 Å². The Morgan fingerprint density at radius 1 is 1.12 bits per heavy atom. The largest absolute Gasteiger partial charge is 0.483 e. The molecule has 32 heavy (non-hydrogen) atoms. The molecular weight excluding hydrogens is 428 g/mol. The van der Waals surface area contributed by atoms with Crippen molar-refractivity contribution in [1.29, 1.82) is 0 Å². The van der Waals surface area contributed by atoms with E-state index in [0.717, 1.165) is 37.8 Å². The Bertz CT molecular complexity index is 1090. The fraction of sp³-hybridized carbons (Fsp3) is 0.417. The molecule has 0 radical (unpaired) electrons. The maximum atomic E-state index is 13.0. The third-order valence-corrected chi connectivity index (χ3v) is 6.81. The molecule has 0 bridgehead atoms. The van der Waals surface area contributed by atoms with Crippen molar-refractivity contribution in [3.63, 3.8) is 0 Å². The summed E-state index contributed by atoms with van der Waals surface area (Å²) in [6.45, 7) is 5.20. The van der Waals surface area contributed by atoms with Gasteiger partial charge < -0.3 is 15.0 Å². The lowest BCUT2D eigenvalue weighted by Gasteiger charge is -2.22. The molecule has 3 rings (SSSR count). The first-order chi connectivity index (χ1) is 15.2. The van der Waals surface area contributed by atoms with Crippen LogP contribution in [0.3, 0.4) is 0 Å². The van der Waals surface area contributed by atoms with E-state index in [1.165, 1.54) is 12.1 Å². The van der Waals surface area contributed by atoms with Gasteiger partial charge in [-0.15, -0.1) is 0 Å². The molecule has 0 aliphatic carbocycles. The Kier molecular flexibility index (Phi) is 7.56. The maximum Gasteiger partial charge on any atom is 0.260 e. The van der Waals surface area contributed by atoms with Crippen molar-refractivity contribution in [3.8, 4) is 5.75 Å². The number of ether oxygens (including phenoxy) is 1. The second-order valence-corrected chi connectivity index (χ2v) is 10.1. The zero-order valence-electron chi connectivity index (χ0n) is 18.8. The molecular formula is C24H30N2O5S. The number of rotatable bonds is 8. The highest BCUT2D eigenvalue weighted by Gasteiger charge is 2.22. The van der Waals surface area contributed by atoms with Crippen LogP contribution in [0.4, 0.5) is 0 Å². The van der Waals surface area contributed by atoms with Crippen LogP contribution in [0.1, 0.15) is 53.7 Å². The van der Waals surface area contributed by atoms with Crippen LogP contribution >= 0.6 is 0 Å². The number of aryl methyl sites for hydroxylation is 1. The van der Waals surface area contributed by atoms with Gasteiger partial charge in [0.2, 0.25) is 0 Å². The van der Waals surface area contributed by atoms with Crippen LogP contribution in [0.2, 0.25) is 0 Å². The molecule has 1 fully saturated rings. The fourth-order valence-corrected chi connectivity index (χ4v) is 4.46. The summed E-state index contributed by atoms with van der Waals surface area (Å²) >= 11 is 0. The summed E-state index contributed by atoms with van der Waals surface area (Å²) in [5.41, 5.74) is 1.77. The lowest BCUT2D eigenvalue weighted by atomic mass is 10.0. The van der Waals surface area contributed by atoms with Gasteiger partial charge in [-0.3, -0.25) is 9.59 Å². The fourth-order valence-electron chi connectivity index (χ4n) is 3.81. The van der Waals surface area contributed by atoms with E-state index in [2.05, 4.69) is 5.32 Å². The van der Waals surface area contributed by atoms with E-state index < -0.39 is 9.84 Å². The lowest BCUT2D eigenvalue weighted by Crippen LogP contribution is -2.33. The Morgan fingerprint density at radius 2 is 1.81 bits per heavy atom. The molecule has 1 aliphatic heterocycles. The van der Waals surface area contributed by atoms with Gasteiger partial charge in [0.15, 0.2) is 16.4 Å². The molecule has 1 N–H and O–H groups in total. The number of nitrogens with zero attached hydrogens (tertiary/aromatic N) is 1. The minimum Gasteiger partial charge on any atom is -0.483 e. The Hall–Kier alpha value is -2.87. The highest BCUT2D eigenvalue weighted by molar-refractivity contribution is 7.90. The lowest BCUT2D eigenvalue weighted by molar-refractivity contribution is -0.132. The quantitative estimate of drug-likeness (QED) is 0.655. The maximum absolute atomic E-state index is 13.0. The summed E-state index contributed by atoms with van der Waals surface area (Å²) in [5, 5.41) is 2.99. The van der Waals surface area contributed by atoms with Crippen molar-refractivity contribution in [2.24, 2.45) is 0 Å². The summed E-state index contributed by atoms with van der Waals surface area (Å²) in [6, 6.07) is 11.5. The summed E-state index contributed by atoms with van der Waals surface area (Å²) in [6.07, 6.45) is 3.75. The van der Waals surface area contributed by atoms with Gasteiger partial charge in [0.1, 0.15) is 5.75 Å². The summed E-state index contributed by atoms with van der Waals surface area (Å²) < 4.78 is 29.7. The highest BCUT2D eigenvalue weighted by atomic mass is 32.2. The Labute approximate surface area is 189 Å². The number of hydrogen-bond acceptors (Lipinski definition) is 5. The topological polar surface area (TPSA) is 92.8 Å². The van der Waals surface area contributed by atoms with Crippen molar-refractivity contribution in [3.05, 3.63) is 59.2 Å². The summed E-state index contributed by atoms with van der Waals surface area (Å²) in [7, 11) is -3.43. The third-order valence-electron chi connectivity index (χ3n) is 5.70. The number of amides is 2. The SMILES string of the molecule is CCC(NC(=O)c1cc(S(C)(=O)=O)ccc1C)c1ccccc1OCC(=O)N1CCCC1. The van der Waals surface area contributed by atoms with Crippen LogP contribution in [-0.2, 0) is 14.6 Å². The van der Waals surface area contributed by atoms with E-state index in [9.17, 15) is 18.0 Å². The molecule has 1 unspecified atom stereocenters. The van der Waals surface area contributed by atoms with E-state index in [-0.39, 0.29) is 29.4 Å². The first kappa shape index (κ1) is 23.8. The van der Waals surface area contributed by atoms with Crippen molar-refractivity contribution >= 4 is 21.7 Å².